The highest BCUT2D eigenvalue weighted by Gasteiger charge is 2.16. The van der Waals surface area contributed by atoms with Crippen molar-refractivity contribution < 1.29 is 9.47 Å². The summed E-state index contributed by atoms with van der Waals surface area (Å²) in [6.45, 7) is 5.10. The van der Waals surface area contributed by atoms with Gasteiger partial charge in [-0.15, -0.1) is 11.3 Å². The zero-order chi connectivity index (χ0) is 14.7. The molecule has 0 saturated carbocycles. The van der Waals surface area contributed by atoms with E-state index in [1.807, 2.05) is 17.6 Å². The van der Waals surface area contributed by atoms with Gasteiger partial charge in [-0.05, 0) is 33.6 Å². The monoisotopic (exact) mass is 368 g/mol. The van der Waals surface area contributed by atoms with Gasteiger partial charge in [-0.3, -0.25) is 0 Å². The van der Waals surface area contributed by atoms with E-state index in [9.17, 15) is 0 Å². The minimum absolute atomic E-state index is 0.422. The number of benzene rings is 1. The number of aromatic nitrogens is 1. The first-order chi connectivity index (χ1) is 10.2. The third-order valence-corrected chi connectivity index (χ3v) is 4.91. The predicted octanol–water partition coefficient (Wildman–Crippen LogP) is 3.57. The van der Waals surface area contributed by atoms with Gasteiger partial charge in [0.25, 0.3) is 0 Å². The third-order valence-electron chi connectivity index (χ3n) is 3.31. The molecule has 0 fully saturated rings. The minimum atomic E-state index is 0.422. The van der Waals surface area contributed by atoms with Crippen molar-refractivity contribution in [1.29, 1.82) is 0 Å². The topological polar surface area (TPSA) is 43.4 Å². The SMILES string of the molecule is CC(CNCc1cc(Br)c2c(c1)OCCO2)c1nccs1. The van der Waals surface area contributed by atoms with Crippen LogP contribution in [-0.4, -0.2) is 24.7 Å². The molecule has 1 aliphatic heterocycles. The van der Waals surface area contributed by atoms with Crippen LogP contribution in [0.15, 0.2) is 28.2 Å². The molecule has 4 nitrogen and oxygen atoms in total. The van der Waals surface area contributed by atoms with E-state index in [1.165, 1.54) is 10.6 Å². The molecular weight excluding hydrogens is 352 g/mol. The molecule has 1 aliphatic rings. The number of nitrogens with one attached hydrogen (secondary N) is 1. The zero-order valence-electron chi connectivity index (χ0n) is 11.8. The molecule has 0 saturated heterocycles. The second kappa shape index (κ2) is 6.77. The fourth-order valence-electron chi connectivity index (χ4n) is 2.26. The van der Waals surface area contributed by atoms with E-state index in [-0.39, 0.29) is 0 Å². The highest BCUT2D eigenvalue weighted by Crippen LogP contribution is 2.38. The fourth-order valence-corrected chi connectivity index (χ4v) is 3.57. The summed E-state index contributed by atoms with van der Waals surface area (Å²) < 4.78 is 12.2. The molecule has 0 aliphatic carbocycles. The maximum atomic E-state index is 5.64. The van der Waals surface area contributed by atoms with Gasteiger partial charge in [0.05, 0.1) is 9.48 Å². The van der Waals surface area contributed by atoms with Crippen LogP contribution < -0.4 is 14.8 Å². The van der Waals surface area contributed by atoms with Crippen molar-refractivity contribution in [3.05, 3.63) is 38.8 Å². The summed E-state index contributed by atoms with van der Waals surface area (Å²) in [5, 5.41) is 6.66. The van der Waals surface area contributed by atoms with E-state index in [0.717, 1.165) is 29.1 Å². The molecule has 1 atom stereocenters. The number of nitrogens with zero attached hydrogens (tertiary/aromatic N) is 1. The maximum Gasteiger partial charge on any atom is 0.175 e. The van der Waals surface area contributed by atoms with Crippen molar-refractivity contribution in [3.8, 4) is 11.5 Å². The molecule has 0 amide bonds. The van der Waals surface area contributed by atoms with Gasteiger partial charge < -0.3 is 14.8 Å². The van der Waals surface area contributed by atoms with Crippen LogP contribution in [0.3, 0.4) is 0 Å². The second-order valence-corrected chi connectivity index (χ2v) is 6.78. The number of ether oxygens (including phenoxy) is 2. The number of hydrogen-bond donors (Lipinski definition) is 1. The highest BCUT2D eigenvalue weighted by atomic mass is 79.9. The molecule has 21 heavy (non-hydrogen) atoms. The van der Waals surface area contributed by atoms with Crippen molar-refractivity contribution in [2.24, 2.45) is 0 Å². The molecule has 2 aromatic rings. The van der Waals surface area contributed by atoms with Crippen LogP contribution in [0.4, 0.5) is 0 Å². The first-order valence-corrected chi connectivity index (χ1v) is 8.59. The van der Waals surface area contributed by atoms with E-state index in [2.05, 4.69) is 39.2 Å². The third kappa shape index (κ3) is 3.56. The summed E-state index contributed by atoms with van der Waals surface area (Å²) in [7, 11) is 0. The van der Waals surface area contributed by atoms with Gasteiger partial charge in [-0.1, -0.05) is 6.92 Å². The van der Waals surface area contributed by atoms with Gasteiger partial charge in [0.15, 0.2) is 11.5 Å². The van der Waals surface area contributed by atoms with Gasteiger partial charge in [-0.2, -0.15) is 0 Å². The number of fused-ring (bicyclic) bond motifs is 1. The summed E-state index contributed by atoms with van der Waals surface area (Å²) in [5.74, 6) is 2.05. The smallest absolute Gasteiger partial charge is 0.175 e. The van der Waals surface area contributed by atoms with Crippen LogP contribution in [0.25, 0.3) is 0 Å². The van der Waals surface area contributed by atoms with Crippen molar-refractivity contribution in [2.45, 2.75) is 19.4 Å². The molecule has 1 aromatic carbocycles. The van der Waals surface area contributed by atoms with E-state index >= 15 is 0 Å². The average Bonchev–Trinajstić information content (AvgIpc) is 3.01. The number of thiazole rings is 1. The largest absolute Gasteiger partial charge is 0.486 e. The molecule has 0 spiro atoms. The Morgan fingerprint density at radius 1 is 1.38 bits per heavy atom. The lowest BCUT2D eigenvalue weighted by Gasteiger charge is -2.20. The second-order valence-electron chi connectivity index (χ2n) is 5.00. The molecule has 6 heteroatoms. The molecule has 0 radical (unpaired) electrons. The van der Waals surface area contributed by atoms with E-state index in [0.29, 0.717) is 19.1 Å². The van der Waals surface area contributed by atoms with Crippen molar-refractivity contribution >= 4 is 27.3 Å². The molecule has 112 valence electrons. The lowest BCUT2D eigenvalue weighted by molar-refractivity contribution is 0.170. The highest BCUT2D eigenvalue weighted by molar-refractivity contribution is 9.10. The van der Waals surface area contributed by atoms with E-state index in [4.69, 9.17) is 9.47 Å². The molecule has 1 unspecified atom stereocenters. The van der Waals surface area contributed by atoms with Gasteiger partial charge in [0.1, 0.15) is 13.2 Å². The molecule has 2 heterocycles. The summed E-state index contributed by atoms with van der Waals surface area (Å²) in [6, 6.07) is 4.12. The Hall–Kier alpha value is -1.11. The molecule has 3 rings (SSSR count). The fraction of sp³-hybridized carbons (Fsp3) is 0.400. The van der Waals surface area contributed by atoms with Crippen molar-refractivity contribution in [3.63, 3.8) is 0 Å². The van der Waals surface area contributed by atoms with Crippen LogP contribution in [0, 0.1) is 0 Å². The normalized spacial score (nSPS) is 15.0. The van der Waals surface area contributed by atoms with Crippen LogP contribution >= 0.6 is 27.3 Å². The Balaban J connectivity index is 1.59. The number of halogens is 1. The average molecular weight is 369 g/mol. The van der Waals surface area contributed by atoms with Crippen LogP contribution in [0.1, 0.15) is 23.4 Å². The maximum absolute atomic E-state index is 5.64. The quantitative estimate of drug-likeness (QED) is 0.875. The Bertz CT molecular complexity index is 604. The first kappa shape index (κ1) is 14.8. The standard InChI is InChI=1S/C15H17BrN2O2S/c1-10(15-18-2-5-21-15)8-17-9-11-6-12(16)14-13(7-11)19-3-4-20-14/h2,5-7,10,17H,3-4,8-9H2,1H3. The van der Waals surface area contributed by atoms with Gasteiger partial charge in [0.2, 0.25) is 0 Å². The lowest BCUT2D eigenvalue weighted by atomic mass is 10.1. The molecule has 1 aromatic heterocycles. The van der Waals surface area contributed by atoms with Gasteiger partial charge in [0, 0.05) is 30.6 Å². The van der Waals surface area contributed by atoms with Gasteiger partial charge >= 0.3 is 0 Å². The summed E-state index contributed by atoms with van der Waals surface area (Å²) in [5.41, 5.74) is 1.18. The Morgan fingerprint density at radius 2 is 2.24 bits per heavy atom. The summed E-state index contributed by atoms with van der Waals surface area (Å²) >= 11 is 5.25. The first-order valence-electron chi connectivity index (χ1n) is 6.92. The number of hydrogen-bond acceptors (Lipinski definition) is 5. The Kier molecular flexibility index (Phi) is 4.77. The van der Waals surface area contributed by atoms with Crippen LogP contribution in [0.2, 0.25) is 0 Å². The minimum Gasteiger partial charge on any atom is -0.486 e. The Labute approximate surface area is 136 Å². The zero-order valence-corrected chi connectivity index (χ0v) is 14.2. The van der Waals surface area contributed by atoms with Crippen molar-refractivity contribution in [2.75, 3.05) is 19.8 Å². The molecule has 0 bridgehead atoms. The molecular formula is C15H17BrN2O2S. The van der Waals surface area contributed by atoms with Crippen LogP contribution in [0.5, 0.6) is 11.5 Å². The lowest BCUT2D eigenvalue weighted by Crippen LogP contribution is -2.20. The molecule has 1 N–H and O–H groups in total. The summed E-state index contributed by atoms with van der Waals surface area (Å²) in [4.78, 5) is 4.35. The summed E-state index contributed by atoms with van der Waals surface area (Å²) in [6.07, 6.45) is 1.86. The Morgan fingerprint density at radius 3 is 3.05 bits per heavy atom. The van der Waals surface area contributed by atoms with E-state index in [1.54, 1.807) is 11.3 Å². The predicted molar refractivity (Wildman–Crippen MR) is 87.4 cm³/mol. The van der Waals surface area contributed by atoms with Crippen LogP contribution in [-0.2, 0) is 6.54 Å². The van der Waals surface area contributed by atoms with E-state index < -0.39 is 0 Å². The number of rotatable bonds is 5. The van der Waals surface area contributed by atoms with Crippen molar-refractivity contribution in [1.82, 2.24) is 10.3 Å². The van der Waals surface area contributed by atoms with Gasteiger partial charge in [-0.25, -0.2) is 4.98 Å².